The maximum atomic E-state index is 12.0. The standard InChI is InChI=1S/C14H17N3O3S/c15-9-11-1-5-13(6-2-11)21(19,20)8-7-16-10-14(18)17-12-3-4-12/h1-2,5-6,12,16H,3-4,7-8,10H2,(H,17,18). The van der Waals surface area contributed by atoms with Crippen molar-refractivity contribution in [1.29, 1.82) is 5.26 Å². The lowest BCUT2D eigenvalue weighted by molar-refractivity contribution is -0.120. The first kappa shape index (κ1) is 15.5. The van der Waals surface area contributed by atoms with Gasteiger partial charge in [0.1, 0.15) is 0 Å². The van der Waals surface area contributed by atoms with Crippen LogP contribution in [0, 0.1) is 11.3 Å². The van der Waals surface area contributed by atoms with Gasteiger partial charge in [0.15, 0.2) is 9.84 Å². The molecule has 2 N–H and O–H groups in total. The molecule has 0 saturated heterocycles. The monoisotopic (exact) mass is 307 g/mol. The van der Waals surface area contributed by atoms with Gasteiger partial charge in [-0.05, 0) is 37.1 Å². The Bertz CT molecular complexity index is 643. The van der Waals surface area contributed by atoms with Crippen molar-refractivity contribution in [2.75, 3.05) is 18.8 Å². The maximum Gasteiger partial charge on any atom is 0.234 e. The van der Waals surface area contributed by atoms with E-state index in [1.165, 1.54) is 24.3 Å². The van der Waals surface area contributed by atoms with Crippen molar-refractivity contribution in [3.63, 3.8) is 0 Å². The molecule has 1 saturated carbocycles. The van der Waals surface area contributed by atoms with Gasteiger partial charge in [-0.25, -0.2) is 8.42 Å². The van der Waals surface area contributed by atoms with E-state index >= 15 is 0 Å². The van der Waals surface area contributed by atoms with E-state index in [0.29, 0.717) is 11.6 Å². The number of nitriles is 1. The molecule has 1 amide bonds. The summed E-state index contributed by atoms with van der Waals surface area (Å²) in [7, 11) is -3.40. The minimum Gasteiger partial charge on any atom is -0.352 e. The fraction of sp³-hybridized carbons (Fsp3) is 0.429. The molecule has 2 rings (SSSR count). The quantitative estimate of drug-likeness (QED) is 0.701. The average Bonchev–Trinajstić information content (AvgIpc) is 3.27. The maximum absolute atomic E-state index is 12.0. The van der Waals surface area contributed by atoms with Gasteiger partial charge in [0.2, 0.25) is 5.91 Å². The van der Waals surface area contributed by atoms with Gasteiger partial charge in [-0.2, -0.15) is 5.26 Å². The summed E-state index contributed by atoms with van der Waals surface area (Å²) >= 11 is 0. The van der Waals surface area contributed by atoms with E-state index in [4.69, 9.17) is 5.26 Å². The molecule has 0 atom stereocenters. The third-order valence-electron chi connectivity index (χ3n) is 3.12. The molecule has 0 radical (unpaired) electrons. The van der Waals surface area contributed by atoms with Crippen molar-refractivity contribution >= 4 is 15.7 Å². The van der Waals surface area contributed by atoms with Gasteiger partial charge in [0.25, 0.3) is 0 Å². The van der Waals surface area contributed by atoms with Crippen molar-refractivity contribution in [3.8, 4) is 6.07 Å². The lowest BCUT2D eigenvalue weighted by Crippen LogP contribution is -2.36. The summed E-state index contributed by atoms with van der Waals surface area (Å²) in [6.45, 7) is 0.333. The second-order valence-electron chi connectivity index (χ2n) is 4.97. The zero-order valence-corrected chi connectivity index (χ0v) is 12.3. The molecule has 7 heteroatoms. The van der Waals surface area contributed by atoms with E-state index in [-0.39, 0.29) is 29.6 Å². The summed E-state index contributed by atoms with van der Waals surface area (Å²) < 4.78 is 24.1. The average molecular weight is 307 g/mol. The number of carbonyl (C=O) groups excluding carboxylic acids is 1. The second kappa shape index (κ2) is 6.70. The third kappa shape index (κ3) is 4.85. The summed E-state index contributed by atoms with van der Waals surface area (Å²) in [4.78, 5) is 11.6. The fourth-order valence-electron chi connectivity index (χ4n) is 1.77. The van der Waals surface area contributed by atoms with Crippen LogP contribution in [-0.2, 0) is 14.6 Å². The summed E-state index contributed by atoms with van der Waals surface area (Å²) in [5, 5.41) is 14.3. The predicted molar refractivity (Wildman–Crippen MR) is 77.2 cm³/mol. The van der Waals surface area contributed by atoms with Crippen molar-refractivity contribution < 1.29 is 13.2 Å². The Hall–Kier alpha value is -1.91. The summed E-state index contributed by atoms with van der Waals surface area (Å²) in [5.74, 6) is -0.191. The van der Waals surface area contributed by atoms with E-state index in [2.05, 4.69) is 10.6 Å². The molecule has 1 aliphatic rings. The van der Waals surface area contributed by atoms with Gasteiger partial charge in [0.05, 0.1) is 28.8 Å². The Balaban J connectivity index is 1.77. The largest absolute Gasteiger partial charge is 0.352 e. The Morgan fingerprint density at radius 3 is 2.52 bits per heavy atom. The summed E-state index contributed by atoms with van der Waals surface area (Å²) in [6.07, 6.45) is 2.05. The summed E-state index contributed by atoms with van der Waals surface area (Å²) in [5.41, 5.74) is 0.420. The molecule has 1 aromatic carbocycles. The topological polar surface area (TPSA) is 99.1 Å². The first-order valence-electron chi connectivity index (χ1n) is 6.74. The van der Waals surface area contributed by atoms with Crippen LogP contribution in [0.2, 0.25) is 0 Å². The Labute approximate surface area is 124 Å². The molecule has 1 fully saturated rings. The lowest BCUT2D eigenvalue weighted by Gasteiger charge is -2.07. The molecular weight excluding hydrogens is 290 g/mol. The van der Waals surface area contributed by atoms with Crippen LogP contribution in [0.5, 0.6) is 0 Å². The number of sulfone groups is 1. The minimum absolute atomic E-state index is 0.0877. The number of nitrogens with zero attached hydrogens (tertiary/aromatic N) is 1. The number of hydrogen-bond donors (Lipinski definition) is 2. The van der Waals surface area contributed by atoms with Crippen LogP contribution in [0.3, 0.4) is 0 Å². The van der Waals surface area contributed by atoms with Crippen LogP contribution < -0.4 is 10.6 Å². The van der Waals surface area contributed by atoms with E-state index in [1.54, 1.807) is 0 Å². The van der Waals surface area contributed by atoms with Crippen molar-refractivity contribution in [3.05, 3.63) is 29.8 Å². The van der Waals surface area contributed by atoms with Crippen molar-refractivity contribution in [2.45, 2.75) is 23.8 Å². The van der Waals surface area contributed by atoms with Gasteiger partial charge in [0, 0.05) is 12.6 Å². The first-order chi connectivity index (χ1) is 10.0. The van der Waals surface area contributed by atoms with Crippen LogP contribution in [0.25, 0.3) is 0 Å². The molecule has 6 nitrogen and oxygen atoms in total. The van der Waals surface area contributed by atoms with Crippen LogP contribution in [-0.4, -0.2) is 39.2 Å². The zero-order valence-electron chi connectivity index (χ0n) is 11.5. The van der Waals surface area contributed by atoms with E-state index < -0.39 is 9.84 Å². The van der Waals surface area contributed by atoms with E-state index in [9.17, 15) is 13.2 Å². The zero-order chi connectivity index (χ0) is 15.3. The van der Waals surface area contributed by atoms with Gasteiger partial charge < -0.3 is 10.6 Å². The highest BCUT2D eigenvalue weighted by molar-refractivity contribution is 7.91. The molecule has 0 bridgehead atoms. The lowest BCUT2D eigenvalue weighted by atomic mass is 10.2. The van der Waals surface area contributed by atoms with Crippen LogP contribution in [0.4, 0.5) is 0 Å². The van der Waals surface area contributed by atoms with Crippen molar-refractivity contribution in [1.82, 2.24) is 10.6 Å². The number of hydrogen-bond acceptors (Lipinski definition) is 5. The number of benzene rings is 1. The van der Waals surface area contributed by atoms with Gasteiger partial charge in [-0.15, -0.1) is 0 Å². The van der Waals surface area contributed by atoms with Gasteiger partial charge in [-0.3, -0.25) is 4.79 Å². The molecule has 21 heavy (non-hydrogen) atoms. The van der Waals surface area contributed by atoms with Crippen LogP contribution >= 0.6 is 0 Å². The smallest absolute Gasteiger partial charge is 0.234 e. The SMILES string of the molecule is N#Cc1ccc(S(=O)(=O)CCNCC(=O)NC2CC2)cc1. The fourth-order valence-corrected chi connectivity index (χ4v) is 2.97. The summed E-state index contributed by atoms with van der Waals surface area (Å²) in [6, 6.07) is 8.05. The molecule has 0 aromatic heterocycles. The molecule has 1 aromatic rings. The molecule has 0 heterocycles. The normalized spacial score (nSPS) is 14.4. The van der Waals surface area contributed by atoms with Crippen molar-refractivity contribution in [2.24, 2.45) is 0 Å². The Morgan fingerprint density at radius 2 is 1.95 bits per heavy atom. The molecule has 0 unspecified atom stereocenters. The van der Waals surface area contributed by atoms with Crippen LogP contribution in [0.15, 0.2) is 29.2 Å². The minimum atomic E-state index is -3.40. The molecular formula is C14H17N3O3S. The molecule has 0 spiro atoms. The second-order valence-corrected chi connectivity index (χ2v) is 7.08. The van der Waals surface area contributed by atoms with E-state index in [1.807, 2.05) is 6.07 Å². The third-order valence-corrected chi connectivity index (χ3v) is 4.85. The number of amides is 1. The number of rotatable bonds is 7. The molecule has 0 aliphatic heterocycles. The first-order valence-corrected chi connectivity index (χ1v) is 8.39. The van der Waals surface area contributed by atoms with E-state index in [0.717, 1.165) is 12.8 Å². The number of nitrogens with one attached hydrogen (secondary N) is 2. The highest BCUT2D eigenvalue weighted by Crippen LogP contribution is 2.18. The highest BCUT2D eigenvalue weighted by atomic mass is 32.2. The number of carbonyl (C=O) groups is 1. The predicted octanol–water partition coefficient (Wildman–Crippen LogP) is 0.200. The Morgan fingerprint density at radius 1 is 1.29 bits per heavy atom. The highest BCUT2D eigenvalue weighted by Gasteiger charge is 2.22. The molecule has 112 valence electrons. The molecule has 1 aliphatic carbocycles. The van der Waals surface area contributed by atoms with Crippen LogP contribution in [0.1, 0.15) is 18.4 Å². The van der Waals surface area contributed by atoms with Gasteiger partial charge >= 0.3 is 0 Å². The Kier molecular flexibility index (Phi) is 4.94. The van der Waals surface area contributed by atoms with Gasteiger partial charge in [-0.1, -0.05) is 0 Å².